The van der Waals surface area contributed by atoms with E-state index in [9.17, 15) is 4.79 Å². The number of carbonyl (C=O) groups is 1. The Morgan fingerprint density at radius 1 is 1.00 bits per heavy atom. The summed E-state index contributed by atoms with van der Waals surface area (Å²) in [4.78, 5) is 9.59. The van der Waals surface area contributed by atoms with E-state index in [-0.39, 0.29) is 5.97 Å². The van der Waals surface area contributed by atoms with Crippen molar-refractivity contribution >= 4 is 5.97 Å². The topological polar surface area (TPSA) is 26.3 Å². The molecule has 2 nitrogen and oxygen atoms in total. The van der Waals surface area contributed by atoms with Crippen molar-refractivity contribution in [3.8, 4) is 0 Å². The molecule has 0 spiro atoms. The third-order valence-corrected chi connectivity index (χ3v) is 0.954. The van der Waals surface area contributed by atoms with Crippen molar-refractivity contribution in [1.82, 2.24) is 0 Å². The van der Waals surface area contributed by atoms with Gasteiger partial charge in [0, 0.05) is 6.92 Å². The minimum absolute atomic E-state index is 0.245. The normalized spacial score (nSPS) is 7.14. The molecule has 0 radical (unpaired) electrons. The Kier molecular flexibility index (Phi) is 15.4. The average molecular weight is 196 g/mol. The van der Waals surface area contributed by atoms with Crippen LogP contribution in [-0.4, -0.2) is 13.1 Å². The summed E-state index contributed by atoms with van der Waals surface area (Å²) in [6.45, 7) is 5.61. The van der Waals surface area contributed by atoms with E-state index in [1.54, 1.807) is 0 Å². The summed E-state index contributed by atoms with van der Waals surface area (Å²) in [6, 6.07) is 12.0. The molecule has 0 aliphatic carbocycles. The van der Waals surface area contributed by atoms with Gasteiger partial charge in [0.15, 0.2) is 0 Å². The number of rotatable bonds is 0. The number of hydrogen-bond donors (Lipinski definition) is 0. The molecule has 0 heterocycles. The second kappa shape index (κ2) is 14.2. The average Bonchev–Trinajstić information content (AvgIpc) is 2.22. The van der Waals surface area contributed by atoms with Crippen LogP contribution in [0.2, 0.25) is 0 Å². The molecule has 80 valence electrons. The monoisotopic (exact) mass is 196 g/mol. The van der Waals surface area contributed by atoms with Gasteiger partial charge in [-0.15, -0.1) is 0 Å². The van der Waals surface area contributed by atoms with Crippen LogP contribution in [0.15, 0.2) is 36.4 Å². The third-order valence-electron chi connectivity index (χ3n) is 0.954. The molecule has 0 N–H and O–H groups in total. The van der Waals surface area contributed by atoms with E-state index in [4.69, 9.17) is 0 Å². The number of benzene rings is 1. The lowest BCUT2D eigenvalue weighted by atomic mass is 10.4. The van der Waals surface area contributed by atoms with Gasteiger partial charge in [-0.1, -0.05) is 56.7 Å². The van der Waals surface area contributed by atoms with Crippen molar-refractivity contribution in [1.29, 1.82) is 0 Å². The van der Waals surface area contributed by atoms with Crippen LogP contribution in [0.1, 0.15) is 27.2 Å². The molecule has 0 unspecified atom stereocenters. The zero-order valence-electron chi connectivity index (χ0n) is 9.49. The molecule has 0 aromatic heterocycles. The summed E-state index contributed by atoms with van der Waals surface area (Å²) in [5.74, 6) is -0.245. The first kappa shape index (κ1) is 15.2. The zero-order valence-corrected chi connectivity index (χ0v) is 9.49. The summed E-state index contributed by atoms with van der Waals surface area (Å²) < 4.78 is 4.11. The van der Waals surface area contributed by atoms with E-state index in [1.165, 1.54) is 20.5 Å². The van der Waals surface area contributed by atoms with Crippen molar-refractivity contribution in [2.24, 2.45) is 0 Å². The summed E-state index contributed by atoms with van der Waals surface area (Å²) in [7, 11) is 1.35. The molecule has 0 bridgehead atoms. The van der Waals surface area contributed by atoms with Gasteiger partial charge in [0.25, 0.3) is 0 Å². The van der Waals surface area contributed by atoms with Crippen molar-refractivity contribution in [2.45, 2.75) is 27.2 Å². The lowest BCUT2D eigenvalue weighted by molar-refractivity contribution is -0.137. The molecule has 2 heteroatoms. The van der Waals surface area contributed by atoms with Crippen LogP contribution in [0.5, 0.6) is 0 Å². The highest BCUT2D eigenvalue weighted by atomic mass is 16.5. The molecule has 0 aliphatic rings. The van der Waals surface area contributed by atoms with E-state index < -0.39 is 0 Å². The second-order valence-corrected chi connectivity index (χ2v) is 2.56. The highest BCUT2D eigenvalue weighted by Gasteiger charge is 1.75. The summed E-state index contributed by atoms with van der Waals surface area (Å²) in [5.41, 5.74) is 0. The van der Waals surface area contributed by atoms with Crippen LogP contribution in [0.25, 0.3) is 0 Å². The van der Waals surface area contributed by atoms with E-state index in [0.717, 1.165) is 0 Å². The van der Waals surface area contributed by atoms with Gasteiger partial charge in [0.05, 0.1) is 7.11 Å². The maximum absolute atomic E-state index is 9.59. The third kappa shape index (κ3) is 22.4. The number of hydrogen-bond acceptors (Lipinski definition) is 2. The largest absolute Gasteiger partial charge is 0.469 e. The van der Waals surface area contributed by atoms with Gasteiger partial charge in [0.2, 0.25) is 0 Å². The van der Waals surface area contributed by atoms with E-state index in [2.05, 4.69) is 18.6 Å². The predicted molar refractivity (Wildman–Crippen MR) is 60.1 cm³/mol. The highest BCUT2D eigenvalue weighted by Crippen LogP contribution is 1.79. The molecule has 14 heavy (non-hydrogen) atoms. The minimum Gasteiger partial charge on any atom is -0.469 e. The van der Waals surface area contributed by atoms with Gasteiger partial charge < -0.3 is 4.74 Å². The lowest BCUT2D eigenvalue weighted by Gasteiger charge is -1.80. The fraction of sp³-hybridized carbons (Fsp3) is 0.417. The Labute approximate surface area is 86.9 Å². The fourth-order valence-corrected chi connectivity index (χ4v) is 0.385. The minimum atomic E-state index is -0.245. The zero-order chi connectivity index (χ0) is 11.2. The lowest BCUT2D eigenvalue weighted by Crippen LogP contribution is -1.88. The molecule has 0 saturated carbocycles. The molecule has 0 amide bonds. The molecule has 0 fully saturated rings. The van der Waals surface area contributed by atoms with Crippen LogP contribution in [0.3, 0.4) is 0 Å². The number of methoxy groups -OCH3 is 1. The second-order valence-electron chi connectivity index (χ2n) is 2.56. The SMILES string of the molecule is CCC.COC(C)=O.c1ccccc1. The van der Waals surface area contributed by atoms with Crippen molar-refractivity contribution in [3.63, 3.8) is 0 Å². The Bertz CT molecular complexity index is 168. The smallest absolute Gasteiger partial charge is 0.302 e. The Balaban J connectivity index is 0. The van der Waals surface area contributed by atoms with E-state index in [1.807, 2.05) is 36.4 Å². The highest BCUT2D eigenvalue weighted by molar-refractivity contribution is 5.65. The van der Waals surface area contributed by atoms with Crippen molar-refractivity contribution in [2.75, 3.05) is 7.11 Å². The van der Waals surface area contributed by atoms with E-state index >= 15 is 0 Å². The van der Waals surface area contributed by atoms with Gasteiger partial charge in [-0.2, -0.15) is 0 Å². The van der Waals surface area contributed by atoms with Crippen LogP contribution in [-0.2, 0) is 9.53 Å². The summed E-state index contributed by atoms with van der Waals surface area (Å²) >= 11 is 0. The van der Waals surface area contributed by atoms with Crippen LogP contribution < -0.4 is 0 Å². The first-order chi connectivity index (χ1) is 6.68. The van der Waals surface area contributed by atoms with Crippen LogP contribution in [0.4, 0.5) is 0 Å². The predicted octanol–water partition coefficient (Wildman–Crippen LogP) is 3.28. The van der Waals surface area contributed by atoms with Gasteiger partial charge >= 0.3 is 5.97 Å². The Hall–Kier alpha value is -1.31. The quantitative estimate of drug-likeness (QED) is 0.595. The van der Waals surface area contributed by atoms with Gasteiger partial charge in [-0.05, 0) is 0 Å². The standard InChI is InChI=1S/C6H6.C3H6O2.C3H8/c1-2-4-6-5-3-1;1-3(4)5-2;1-3-2/h1-6H;1-2H3;3H2,1-2H3. The van der Waals surface area contributed by atoms with Crippen LogP contribution >= 0.6 is 0 Å². The maximum Gasteiger partial charge on any atom is 0.302 e. The number of esters is 1. The first-order valence-electron chi connectivity index (χ1n) is 4.73. The molecular weight excluding hydrogens is 176 g/mol. The molecule has 1 rings (SSSR count). The first-order valence-corrected chi connectivity index (χ1v) is 4.73. The number of ether oxygens (including phenoxy) is 1. The van der Waals surface area contributed by atoms with Crippen LogP contribution in [0, 0.1) is 0 Å². The Morgan fingerprint density at radius 3 is 1.21 bits per heavy atom. The fourth-order valence-electron chi connectivity index (χ4n) is 0.385. The molecular formula is C12H20O2. The van der Waals surface area contributed by atoms with Gasteiger partial charge in [-0.25, -0.2) is 0 Å². The number of carbonyl (C=O) groups excluding carboxylic acids is 1. The molecule has 1 aromatic rings. The summed E-state index contributed by atoms with van der Waals surface area (Å²) in [6.07, 6.45) is 1.25. The molecule has 0 atom stereocenters. The van der Waals surface area contributed by atoms with E-state index in [0.29, 0.717) is 0 Å². The summed E-state index contributed by atoms with van der Waals surface area (Å²) in [5, 5.41) is 0. The van der Waals surface area contributed by atoms with Crippen molar-refractivity contribution < 1.29 is 9.53 Å². The molecule has 1 aromatic carbocycles. The maximum atomic E-state index is 9.59. The Morgan fingerprint density at radius 2 is 1.14 bits per heavy atom. The van der Waals surface area contributed by atoms with Gasteiger partial charge in [0.1, 0.15) is 0 Å². The molecule has 0 saturated heterocycles. The van der Waals surface area contributed by atoms with Crippen molar-refractivity contribution in [3.05, 3.63) is 36.4 Å². The molecule has 0 aliphatic heterocycles. The van der Waals surface area contributed by atoms with Gasteiger partial charge in [-0.3, -0.25) is 4.79 Å².